The fraction of sp³-hybridized carbons (Fsp3) is 0.550. The Balaban J connectivity index is 1.41. The standard InChI is InChI=1S/C20H26N4O2S/c25-18(23-12-6-10-16-9-4-5-11-17(16)23)14-27-20-22-21-19(26)24(20)13-15-7-2-1-3-8-15/h1-3,7-8,16-17H,4-6,9-14H2,(H,21,26)/t16-,17-/m0/s1. The highest BCUT2D eigenvalue weighted by molar-refractivity contribution is 7.99. The highest BCUT2D eigenvalue weighted by Gasteiger charge is 2.35. The molecule has 2 aromatic rings. The van der Waals surface area contributed by atoms with Gasteiger partial charge in [-0.15, -0.1) is 5.10 Å². The molecular formula is C20H26N4O2S. The van der Waals surface area contributed by atoms with Crippen molar-refractivity contribution in [3.05, 3.63) is 46.4 Å². The highest BCUT2D eigenvalue weighted by Crippen LogP contribution is 2.35. The molecule has 7 heteroatoms. The van der Waals surface area contributed by atoms with Crippen molar-refractivity contribution in [3.8, 4) is 0 Å². The van der Waals surface area contributed by atoms with Gasteiger partial charge in [0.15, 0.2) is 5.16 Å². The van der Waals surface area contributed by atoms with E-state index in [4.69, 9.17) is 0 Å². The minimum atomic E-state index is -0.237. The number of carbonyl (C=O) groups excluding carboxylic acids is 1. The van der Waals surface area contributed by atoms with E-state index in [0.29, 0.717) is 29.4 Å². The molecular weight excluding hydrogens is 360 g/mol. The summed E-state index contributed by atoms with van der Waals surface area (Å²) in [7, 11) is 0. The van der Waals surface area contributed by atoms with Crippen molar-refractivity contribution in [2.24, 2.45) is 5.92 Å². The van der Waals surface area contributed by atoms with E-state index in [9.17, 15) is 9.59 Å². The molecule has 1 aliphatic carbocycles. The first-order valence-corrected chi connectivity index (χ1v) is 10.8. The summed E-state index contributed by atoms with van der Waals surface area (Å²) in [5.41, 5.74) is 0.800. The number of hydrogen-bond donors (Lipinski definition) is 1. The second-order valence-electron chi connectivity index (χ2n) is 7.51. The number of hydrogen-bond acceptors (Lipinski definition) is 4. The van der Waals surface area contributed by atoms with Crippen LogP contribution in [-0.2, 0) is 11.3 Å². The summed E-state index contributed by atoms with van der Waals surface area (Å²) in [4.78, 5) is 27.1. The summed E-state index contributed by atoms with van der Waals surface area (Å²) >= 11 is 1.36. The Morgan fingerprint density at radius 3 is 2.78 bits per heavy atom. The first-order chi connectivity index (χ1) is 13.2. The van der Waals surface area contributed by atoms with Crippen LogP contribution in [0.1, 0.15) is 44.1 Å². The molecule has 27 heavy (non-hydrogen) atoms. The number of likely N-dealkylation sites (tertiary alicyclic amines) is 1. The maximum absolute atomic E-state index is 12.9. The number of thioether (sulfide) groups is 1. The summed E-state index contributed by atoms with van der Waals surface area (Å²) < 4.78 is 1.60. The van der Waals surface area contributed by atoms with Gasteiger partial charge < -0.3 is 4.90 Å². The first-order valence-electron chi connectivity index (χ1n) is 9.84. The van der Waals surface area contributed by atoms with Crippen molar-refractivity contribution >= 4 is 17.7 Å². The predicted molar refractivity (Wildman–Crippen MR) is 106 cm³/mol. The van der Waals surface area contributed by atoms with Crippen LogP contribution in [0.2, 0.25) is 0 Å². The van der Waals surface area contributed by atoms with Crippen molar-refractivity contribution in [1.82, 2.24) is 19.7 Å². The number of benzene rings is 1. The number of nitrogens with one attached hydrogen (secondary N) is 1. The summed E-state index contributed by atoms with van der Waals surface area (Å²) in [6, 6.07) is 10.2. The topological polar surface area (TPSA) is 71.0 Å². The molecule has 4 rings (SSSR count). The minimum Gasteiger partial charge on any atom is -0.339 e. The maximum atomic E-state index is 12.9. The van der Waals surface area contributed by atoms with Gasteiger partial charge in [-0.1, -0.05) is 54.9 Å². The van der Waals surface area contributed by atoms with Crippen LogP contribution in [0.4, 0.5) is 0 Å². The molecule has 6 nitrogen and oxygen atoms in total. The molecule has 0 spiro atoms. The lowest BCUT2D eigenvalue weighted by Gasteiger charge is -2.44. The molecule has 1 N–H and O–H groups in total. The molecule has 0 unspecified atom stereocenters. The van der Waals surface area contributed by atoms with E-state index in [-0.39, 0.29) is 11.6 Å². The van der Waals surface area contributed by atoms with Crippen LogP contribution in [0.5, 0.6) is 0 Å². The predicted octanol–water partition coefficient (Wildman–Crippen LogP) is 2.89. The number of aromatic nitrogens is 3. The van der Waals surface area contributed by atoms with E-state index in [1.807, 2.05) is 30.3 Å². The Morgan fingerprint density at radius 2 is 1.93 bits per heavy atom. The minimum absolute atomic E-state index is 0.179. The SMILES string of the molecule is O=C(CSc1n[nH]c(=O)n1Cc1ccccc1)N1CCC[C@@H]2CCCC[C@@H]21. The summed E-state index contributed by atoms with van der Waals surface area (Å²) in [6.45, 7) is 1.33. The van der Waals surface area contributed by atoms with E-state index >= 15 is 0 Å². The maximum Gasteiger partial charge on any atom is 0.344 e. The van der Waals surface area contributed by atoms with Gasteiger partial charge in [0.1, 0.15) is 0 Å². The third-order valence-electron chi connectivity index (χ3n) is 5.80. The van der Waals surface area contributed by atoms with Crippen molar-refractivity contribution in [2.45, 2.75) is 56.3 Å². The largest absolute Gasteiger partial charge is 0.344 e. The second-order valence-corrected chi connectivity index (χ2v) is 8.46. The van der Waals surface area contributed by atoms with Crippen LogP contribution in [0.15, 0.2) is 40.3 Å². The van der Waals surface area contributed by atoms with Gasteiger partial charge in [0.05, 0.1) is 12.3 Å². The van der Waals surface area contributed by atoms with Gasteiger partial charge in [-0.05, 0) is 37.2 Å². The van der Waals surface area contributed by atoms with Crippen LogP contribution < -0.4 is 5.69 Å². The van der Waals surface area contributed by atoms with E-state index < -0.39 is 0 Å². The average Bonchev–Trinajstić information content (AvgIpc) is 3.06. The summed E-state index contributed by atoms with van der Waals surface area (Å²) in [6.07, 6.45) is 7.31. The van der Waals surface area contributed by atoms with Crippen LogP contribution in [0.3, 0.4) is 0 Å². The molecule has 1 saturated carbocycles. The average molecular weight is 387 g/mol. The number of amides is 1. The van der Waals surface area contributed by atoms with E-state index in [1.165, 1.54) is 37.4 Å². The lowest BCUT2D eigenvalue weighted by atomic mass is 9.78. The quantitative estimate of drug-likeness (QED) is 0.802. The molecule has 1 saturated heterocycles. The van der Waals surface area contributed by atoms with Crippen molar-refractivity contribution in [3.63, 3.8) is 0 Å². The number of H-pyrrole nitrogens is 1. The number of rotatable bonds is 5. The number of carbonyl (C=O) groups is 1. The van der Waals surface area contributed by atoms with Crippen LogP contribution >= 0.6 is 11.8 Å². The molecule has 2 heterocycles. The first kappa shape index (κ1) is 18.3. The van der Waals surface area contributed by atoms with Crippen LogP contribution in [0, 0.1) is 5.92 Å². The lowest BCUT2D eigenvalue weighted by Crippen LogP contribution is -2.50. The molecule has 2 aliphatic rings. The van der Waals surface area contributed by atoms with Crippen LogP contribution in [0.25, 0.3) is 0 Å². The number of nitrogens with zero attached hydrogens (tertiary/aromatic N) is 3. The summed E-state index contributed by atoms with van der Waals surface area (Å²) in [5, 5.41) is 7.22. The van der Waals surface area contributed by atoms with Gasteiger partial charge in [0.2, 0.25) is 5.91 Å². The molecule has 144 valence electrons. The second kappa shape index (κ2) is 8.33. The van der Waals surface area contributed by atoms with Gasteiger partial charge >= 0.3 is 5.69 Å². The Bertz CT molecular complexity index is 830. The zero-order valence-electron chi connectivity index (χ0n) is 15.5. The van der Waals surface area contributed by atoms with Crippen molar-refractivity contribution < 1.29 is 4.79 Å². The molecule has 0 radical (unpaired) electrons. The molecule has 1 aromatic heterocycles. The van der Waals surface area contributed by atoms with Gasteiger partial charge in [0.25, 0.3) is 0 Å². The fourth-order valence-corrected chi connectivity index (χ4v) is 5.29. The number of aromatic amines is 1. The summed E-state index contributed by atoms with van der Waals surface area (Å²) in [5.74, 6) is 1.20. The molecule has 2 atom stereocenters. The Hall–Kier alpha value is -2.02. The van der Waals surface area contributed by atoms with Crippen molar-refractivity contribution in [1.29, 1.82) is 0 Å². The zero-order valence-corrected chi connectivity index (χ0v) is 16.3. The molecule has 1 amide bonds. The van der Waals surface area contributed by atoms with Gasteiger partial charge in [0, 0.05) is 12.6 Å². The fourth-order valence-electron chi connectivity index (χ4n) is 4.46. The molecule has 0 bridgehead atoms. The molecule has 2 fully saturated rings. The monoisotopic (exact) mass is 386 g/mol. The van der Waals surface area contributed by atoms with Crippen molar-refractivity contribution in [2.75, 3.05) is 12.3 Å². The van der Waals surface area contributed by atoms with Crippen LogP contribution in [-0.4, -0.2) is 43.9 Å². The number of piperidine rings is 1. The van der Waals surface area contributed by atoms with Gasteiger partial charge in [-0.2, -0.15) is 0 Å². The van der Waals surface area contributed by atoms with Gasteiger partial charge in [-0.3, -0.25) is 9.36 Å². The normalized spacial score (nSPS) is 22.4. The van der Waals surface area contributed by atoms with E-state index in [0.717, 1.165) is 24.9 Å². The van der Waals surface area contributed by atoms with Gasteiger partial charge in [-0.25, -0.2) is 9.89 Å². The third-order valence-corrected chi connectivity index (χ3v) is 6.76. The Morgan fingerprint density at radius 1 is 1.15 bits per heavy atom. The third kappa shape index (κ3) is 4.13. The highest BCUT2D eigenvalue weighted by atomic mass is 32.2. The molecule has 1 aliphatic heterocycles. The van der Waals surface area contributed by atoms with E-state index in [2.05, 4.69) is 15.1 Å². The molecule has 1 aromatic carbocycles. The zero-order chi connectivity index (χ0) is 18.6. The number of fused-ring (bicyclic) bond motifs is 1. The Kier molecular flexibility index (Phi) is 5.66. The smallest absolute Gasteiger partial charge is 0.339 e. The van der Waals surface area contributed by atoms with E-state index in [1.54, 1.807) is 4.57 Å². The lowest BCUT2D eigenvalue weighted by molar-refractivity contribution is -0.134. The Labute approximate surface area is 163 Å².